The molecule has 0 saturated carbocycles. The molecule has 5 rings (SSSR count). The smallest absolute Gasteiger partial charge is 0.326 e. The number of piperidine rings is 1. The maximum absolute atomic E-state index is 11.9. The van der Waals surface area contributed by atoms with Gasteiger partial charge in [0, 0.05) is 30.1 Å². The lowest BCUT2D eigenvalue weighted by Gasteiger charge is -2.35. The molecule has 3 aromatic rings. The van der Waals surface area contributed by atoms with Gasteiger partial charge in [0.1, 0.15) is 17.4 Å². The fourth-order valence-corrected chi connectivity index (χ4v) is 4.66. The van der Waals surface area contributed by atoms with Gasteiger partial charge >= 0.3 is 5.97 Å². The molecule has 34 heavy (non-hydrogen) atoms. The molecule has 3 N–H and O–H groups in total. The number of pyridine rings is 1. The lowest BCUT2D eigenvalue weighted by atomic mass is 9.74. The molecule has 176 valence electrons. The van der Waals surface area contributed by atoms with E-state index in [0.717, 1.165) is 47.6 Å². The van der Waals surface area contributed by atoms with E-state index in [1.165, 1.54) is 12.5 Å². The van der Waals surface area contributed by atoms with E-state index in [-0.39, 0.29) is 11.8 Å². The first-order chi connectivity index (χ1) is 16.3. The topological polar surface area (TPSA) is 109 Å². The molecule has 8 nitrogen and oxygen atoms in total. The van der Waals surface area contributed by atoms with Crippen molar-refractivity contribution >= 4 is 22.9 Å². The van der Waals surface area contributed by atoms with Gasteiger partial charge in [0.25, 0.3) is 0 Å². The largest absolute Gasteiger partial charge is 0.480 e. The minimum atomic E-state index is -0.949. The van der Waals surface area contributed by atoms with Crippen LogP contribution in [0.3, 0.4) is 0 Å². The Morgan fingerprint density at radius 2 is 2.06 bits per heavy atom. The summed E-state index contributed by atoms with van der Waals surface area (Å²) in [6, 6.07) is 11.1. The first-order valence-electron chi connectivity index (χ1n) is 11.8. The Hall–Kier alpha value is -3.52. The molecule has 2 atom stereocenters. The van der Waals surface area contributed by atoms with Gasteiger partial charge in [-0.05, 0) is 63.1 Å². The Kier molecular flexibility index (Phi) is 5.69. The highest BCUT2D eigenvalue weighted by Crippen LogP contribution is 2.35. The molecule has 0 radical (unpaired) electrons. The lowest BCUT2D eigenvalue weighted by Crippen LogP contribution is -2.48. The van der Waals surface area contributed by atoms with Gasteiger partial charge in [-0.15, -0.1) is 0 Å². The van der Waals surface area contributed by atoms with Gasteiger partial charge in [-0.3, -0.25) is 9.36 Å². The van der Waals surface area contributed by atoms with Crippen molar-refractivity contribution in [2.24, 2.45) is 5.41 Å². The number of carboxylic acids is 1. The lowest BCUT2D eigenvalue weighted by molar-refractivity contribution is -0.139. The van der Waals surface area contributed by atoms with Crippen molar-refractivity contribution in [3.8, 4) is 5.69 Å². The van der Waals surface area contributed by atoms with E-state index in [1.54, 1.807) is 20.0 Å². The molecule has 1 saturated heterocycles. The number of hydrogen-bond acceptors (Lipinski definition) is 6. The second kappa shape index (κ2) is 8.68. The summed E-state index contributed by atoms with van der Waals surface area (Å²) in [5, 5.41) is 16.4. The second-order valence-electron chi connectivity index (χ2n) is 9.61. The third-order valence-corrected chi connectivity index (χ3v) is 6.89. The maximum Gasteiger partial charge on any atom is 0.326 e. The molecule has 2 aliphatic rings. The Morgan fingerprint density at radius 1 is 1.26 bits per heavy atom. The summed E-state index contributed by atoms with van der Waals surface area (Å²) in [7, 11) is 0. The number of aromatic nitrogens is 3. The van der Waals surface area contributed by atoms with Crippen molar-refractivity contribution in [1.82, 2.24) is 25.2 Å². The number of rotatable bonds is 7. The highest BCUT2D eigenvalue weighted by atomic mass is 16.4. The summed E-state index contributed by atoms with van der Waals surface area (Å²) in [5.41, 5.74) is 3.52. The number of fused-ring (bicyclic) bond motifs is 1. The maximum atomic E-state index is 11.9. The molecule has 8 heteroatoms. The Labute approximate surface area is 198 Å². The van der Waals surface area contributed by atoms with E-state index < -0.39 is 17.4 Å². The van der Waals surface area contributed by atoms with Crippen LogP contribution in [0.15, 0.2) is 54.4 Å². The quantitative estimate of drug-likeness (QED) is 0.497. The van der Waals surface area contributed by atoms with Crippen molar-refractivity contribution in [3.63, 3.8) is 0 Å². The van der Waals surface area contributed by atoms with E-state index in [2.05, 4.69) is 20.2 Å². The fraction of sp³-hybridized carbons (Fsp3) is 0.385. The van der Waals surface area contributed by atoms with Crippen LogP contribution in [-0.4, -0.2) is 44.0 Å². The van der Waals surface area contributed by atoms with E-state index >= 15 is 0 Å². The number of allylic oxidation sites excluding steroid dienone is 2. The standard InChI is InChI=1S/C26H29N5O3/c1-26(2)21(15-22(26)32)29-20(25(33)34)14-16-8-10-17(11-9-16)31-23-19(7-5-13-28-23)30-24(31)18-6-3-4-12-27-18/h5,7-11,13,15,18,20,27,29H,3-4,6,12,14H2,1-2H3,(H,33,34)/t18-,20+/m1/s1. The van der Waals surface area contributed by atoms with Crippen LogP contribution in [0.25, 0.3) is 16.9 Å². The van der Waals surface area contributed by atoms with Gasteiger partial charge < -0.3 is 15.7 Å². The van der Waals surface area contributed by atoms with Gasteiger partial charge in [-0.25, -0.2) is 14.8 Å². The van der Waals surface area contributed by atoms with E-state index in [4.69, 9.17) is 4.98 Å². The van der Waals surface area contributed by atoms with Gasteiger partial charge in [0.2, 0.25) is 0 Å². The number of carboxylic acid groups (broad SMARTS) is 1. The van der Waals surface area contributed by atoms with Gasteiger partial charge in [0.15, 0.2) is 11.4 Å². The molecule has 1 aliphatic heterocycles. The minimum Gasteiger partial charge on any atom is -0.480 e. The first kappa shape index (κ1) is 22.3. The molecule has 0 bridgehead atoms. The average Bonchev–Trinajstić information content (AvgIpc) is 3.24. The number of carbonyl (C=O) groups excluding carboxylic acids is 1. The van der Waals surface area contributed by atoms with Crippen LogP contribution < -0.4 is 10.6 Å². The highest BCUT2D eigenvalue weighted by Gasteiger charge is 2.40. The minimum absolute atomic E-state index is 0.00733. The van der Waals surface area contributed by atoms with E-state index in [1.807, 2.05) is 36.4 Å². The number of imidazole rings is 1. The number of hydrogen-bond donors (Lipinski definition) is 3. The summed E-state index contributed by atoms with van der Waals surface area (Å²) in [4.78, 5) is 33.1. The van der Waals surface area contributed by atoms with Gasteiger partial charge in [-0.1, -0.05) is 18.6 Å². The summed E-state index contributed by atoms with van der Waals surface area (Å²) in [6.07, 6.45) is 6.92. The number of carbonyl (C=O) groups is 2. The van der Waals surface area contributed by atoms with Crippen molar-refractivity contribution in [2.75, 3.05) is 6.54 Å². The fourth-order valence-electron chi connectivity index (χ4n) is 4.66. The number of benzene rings is 1. The van der Waals surface area contributed by atoms with Crippen molar-refractivity contribution in [2.45, 2.75) is 51.6 Å². The summed E-state index contributed by atoms with van der Waals surface area (Å²) in [5.74, 6) is 0.0126. The second-order valence-corrected chi connectivity index (χ2v) is 9.61. The van der Waals surface area contributed by atoms with E-state index in [0.29, 0.717) is 12.1 Å². The van der Waals surface area contributed by atoms with Crippen molar-refractivity contribution in [1.29, 1.82) is 0 Å². The zero-order valence-electron chi connectivity index (χ0n) is 19.4. The number of nitrogens with one attached hydrogen (secondary N) is 2. The summed E-state index contributed by atoms with van der Waals surface area (Å²) in [6.45, 7) is 4.57. The molecule has 1 aromatic carbocycles. The van der Waals surface area contributed by atoms with Gasteiger partial charge in [-0.2, -0.15) is 0 Å². The molecule has 1 fully saturated rings. The van der Waals surface area contributed by atoms with Crippen molar-refractivity contribution in [3.05, 3.63) is 65.8 Å². The zero-order chi connectivity index (χ0) is 23.9. The average molecular weight is 460 g/mol. The Morgan fingerprint density at radius 3 is 2.71 bits per heavy atom. The van der Waals surface area contributed by atoms with Gasteiger partial charge in [0.05, 0.1) is 11.5 Å². The van der Waals surface area contributed by atoms with Crippen LogP contribution in [-0.2, 0) is 16.0 Å². The van der Waals surface area contributed by atoms with E-state index in [9.17, 15) is 14.7 Å². The van der Waals surface area contributed by atoms with Crippen LogP contribution in [0.5, 0.6) is 0 Å². The normalized spacial score (nSPS) is 20.5. The molecular weight excluding hydrogens is 430 g/mol. The van der Waals surface area contributed by atoms with Crippen LogP contribution in [0.4, 0.5) is 0 Å². The molecule has 3 heterocycles. The third-order valence-electron chi connectivity index (χ3n) is 6.89. The first-order valence-corrected chi connectivity index (χ1v) is 11.8. The van der Waals surface area contributed by atoms with Crippen LogP contribution in [0.1, 0.15) is 50.5 Å². The Balaban J connectivity index is 1.41. The number of aliphatic carboxylic acids is 1. The predicted molar refractivity (Wildman–Crippen MR) is 129 cm³/mol. The van der Waals surface area contributed by atoms with Crippen LogP contribution in [0, 0.1) is 5.41 Å². The zero-order valence-corrected chi connectivity index (χ0v) is 19.4. The molecule has 1 aliphatic carbocycles. The summed E-state index contributed by atoms with van der Waals surface area (Å²) < 4.78 is 2.10. The number of nitrogens with zero attached hydrogens (tertiary/aromatic N) is 3. The Bertz CT molecular complexity index is 1270. The van der Waals surface area contributed by atoms with Crippen LogP contribution in [0.2, 0.25) is 0 Å². The molecule has 0 spiro atoms. The SMILES string of the molecule is CC1(C)C(=O)C=C1N[C@@H](Cc1ccc(-n2c([C@H]3CCCCN3)nc3cccnc32)cc1)C(=O)O. The van der Waals surface area contributed by atoms with Crippen molar-refractivity contribution < 1.29 is 14.7 Å². The molecule has 0 unspecified atom stereocenters. The highest BCUT2D eigenvalue weighted by molar-refractivity contribution is 6.04. The number of ketones is 1. The molecule has 2 aromatic heterocycles. The molecular formula is C26H29N5O3. The summed E-state index contributed by atoms with van der Waals surface area (Å²) >= 11 is 0. The predicted octanol–water partition coefficient (Wildman–Crippen LogP) is 3.31. The van der Waals surface area contributed by atoms with Crippen LogP contribution >= 0.6 is 0 Å². The third kappa shape index (κ3) is 3.98. The monoisotopic (exact) mass is 459 g/mol. The molecule has 0 amide bonds.